The molecule has 1 aromatic rings. The Labute approximate surface area is 123 Å². The number of amides is 1. The largest absolute Gasteiger partial charge is 0.390 e. The molecule has 2 heterocycles. The molecule has 0 radical (unpaired) electrons. The van der Waals surface area contributed by atoms with Gasteiger partial charge in [-0.15, -0.1) is 0 Å². The van der Waals surface area contributed by atoms with Gasteiger partial charge in [0, 0.05) is 13.2 Å². The lowest BCUT2D eigenvalue weighted by Crippen LogP contribution is -2.58. The number of ether oxygens (including phenoxy) is 1. The van der Waals surface area contributed by atoms with Crippen LogP contribution in [0.1, 0.15) is 24.8 Å². The van der Waals surface area contributed by atoms with E-state index in [-0.39, 0.29) is 18.1 Å². The van der Waals surface area contributed by atoms with Crippen LogP contribution in [0.15, 0.2) is 24.3 Å². The molecule has 1 amide bonds. The van der Waals surface area contributed by atoms with Crippen LogP contribution in [0.3, 0.4) is 0 Å². The molecule has 1 N–H and O–H groups in total. The highest BCUT2D eigenvalue weighted by atomic mass is 19.1. The molecule has 2 fully saturated rings. The van der Waals surface area contributed by atoms with Crippen molar-refractivity contribution in [3.05, 3.63) is 35.6 Å². The molecule has 1 spiro atoms. The monoisotopic (exact) mass is 293 g/mol. The fraction of sp³-hybridized carbons (Fsp3) is 0.562. The molecule has 3 rings (SSSR count). The molecule has 2 aliphatic rings. The van der Waals surface area contributed by atoms with Crippen molar-refractivity contribution in [3.63, 3.8) is 0 Å². The summed E-state index contributed by atoms with van der Waals surface area (Å²) in [6.07, 6.45) is 2.04. The third kappa shape index (κ3) is 2.94. The van der Waals surface area contributed by atoms with Crippen LogP contribution in [0.25, 0.3) is 0 Å². The Morgan fingerprint density at radius 1 is 1.43 bits per heavy atom. The number of carbonyl (C=O) groups is 1. The maximum atomic E-state index is 12.9. The lowest BCUT2D eigenvalue weighted by atomic mass is 9.87. The predicted octanol–water partition coefficient (Wildman–Crippen LogP) is 1.51. The van der Waals surface area contributed by atoms with E-state index in [1.807, 2.05) is 0 Å². The average molecular weight is 293 g/mol. The zero-order valence-corrected chi connectivity index (χ0v) is 11.9. The number of hydrogen-bond acceptors (Lipinski definition) is 3. The Balaban J connectivity index is 1.66. The van der Waals surface area contributed by atoms with Crippen LogP contribution in [-0.4, -0.2) is 47.3 Å². The fourth-order valence-electron chi connectivity index (χ4n) is 3.26. The Morgan fingerprint density at radius 3 is 2.86 bits per heavy atom. The van der Waals surface area contributed by atoms with Gasteiger partial charge in [0.15, 0.2) is 0 Å². The van der Waals surface area contributed by atoms with Crippen molar-refractivity contribution < 1.29 is 19.0 Å². The molecular formula is C16H20FNO3. The third-order valence-corrected chi connectivity index (χ3v) is 4.49. The van der Waals surface area contributed by atoms with Crippen molar-refractivity contribution in [2.45, 2.75) is 37.4 Å². The highest BCUT2D eigenvalue weighted by Gasteiger charge is 2.47. The Bertz CT molecular complexity index is 511. The fourth-order valence-corrected chi connectivity index (χ4v) is 3.26. The number of piperidine rings is 1. The van der Waals surface area contributed by atoms with Crippen molar-refractivity contribution >= 4 is 5.91 Å². The molecule has 2 saturated heterocycles. The Kier molecular flexibility index (Phi) is 3.95. The first-order chi connectivity index (χ1) is 10.1. The van der Waals surface area contributed by atoms with Gasteiger partial charge >= 0.3 is 0 Å². The lowest BCUT2D eigenvalue weighted by Gasteiger charge is -2.43. The maximum Gasteiger partial charge on any atom is 0.227 e. The van der Waals surface area contributed by atoms with Gasteiger partial charge < -0.3 is 14.7 Å². The van der Waals surface area contributed by atoms with Gasteiger partial charge in [-0.3, -0.25) is 4.79 Å². The number of aliphatic hydroxyl groups is 1. The minimum absolute atomic E-state index is 0.00313. The normalized spacial score (nSPS) is 29.0. The Hall–Kier alpha value is -1.46. The van der Waals surface area contributed by atoms with E-state index in [2.05, 4.69) is 0 Å². The zero-order chi connectivity index (χ0) is 14.9. The lowest BCUT2D eigenvalue weighted by molar-refractivity contribution is -0.154. The van der Waals surface area contributed by atoms with Crippen LogP contribution >= 0.6 is 0 Å². The van der Waals surface area contributed by atoms with Gasteiger partial charge in [-0.2, -0.15) is 0 Å². The van der Waals surface area contributed by atoms with Gasteiger partial charge in [0.1, 0.15) is 11.4 Å². The van der Waals surface area contributed by atoms with Crippen molar-refractivity contribution in [2.24, 2.45) is 0 Å². The summed E-state index contributed by atoms with van der Waals surface area (Å²) in [5.74, 6) is -0.297. The van der Waals surface area contributed by atoms with Crippen LogP contribution in [0.5, 0.6) is 0 Å². The van der Waals surface area contributed by atoms with E-state index >= 15 is 0 Å². The van der Waals surface area contributed by atoms with E-state index in [1.54, 1.807) is 17.0 Å². The molecule has 0 bridgehead atoms. The van der Waals surface area contributed by atoms with Crippen molar-refractivity contribution in [1.82, 2.24) is 4.90 Å². The summed E-state index contributed by atoms with van der Waals surface area (Å²) in [4.78, 5) is 14.2. The van der Waals surface area contributed by atoms with Crippen LogP contribution in [0, 0.1) is 5.82 Å². The van der Waals surface area contributed by atoms with Crippen LogP contribution in [0.2, 0.25) is 0 Å². The summed E-state index contributed by atoms with van der Waals surface area (Å²) in [5, 5.41) is 10.2. The molecule has 2 atom stereocenters. The number of benzene rings is 1. The van der Waals surface area contributed by atoms with Crippen LogP contribution in [-0.2, 0) is 16.0 Å². The molecular weight excluding hydrogens is 273 g/mol. The quantitative estimate of drug-likeness (QED) is 0.899. The van der Waals surface area contributed by atoms with Gasteiger partial charge in [-0.1, -0.05) is 12.1 Å². The third-order valence-electron chi connectivity index (χ3n) is 4.49. The van der Waals surface area contributed by atoms with E-state index in [1.165, 1.54) is 12.1 Å². The van der Waals surface area contributed by atoms with Gasteiger partial charge in [0.25, 0.3) is 0 Å². The number of halogens is 1. The molecule has 0 aliphatic carbocycles. The summed E-state index contributed by atoms with van der Waals surface area (Å²) in [7, 11) is 0. The van der Waals surface area contributed by atoms with Gasteiger partial charge in [0.05, 0.1) is 19.1 Å². The number of rotatable bonds is 2. The molecule has 5 heteroatoms. The predicted molar refractivity (Wildman–Crippen MR) is 75.2 cm³/mol. The summed E-state index contributed by atoms with van der Waals surface area (Å²) >= 11 is 0. The highest BCUT2D eigenvalue weighted by Crippen LogP contribution is 2.34. The van der Waals surface area contributed by atoms with Gasteiger partial charge in [-0.05, 0) is 37.0 Å². The van der Waals surface area contributed by atoms with Crippen LogP contribution < -0.4 is 0 Å². The number of likely N-dealkylation sites (tertiary alicyclic amines) is 1. The van der Waals surface area contributed by atoms with Crippen molar-refractivity contribution in [3.8, 4) is 0 Å². The molecule has 21 heavy (non-hydrogen) atoms. The average Bonchev–Trinajstić information content (AvgIpc) is 2.94. The second kappa shape index (κ2) is 5.73. The summed E-state index contributed by atoms with van der Waals surface area (Å²) in [6.45, 7) is 1.65. The topological polar surface area (TPSA) is 49.8 Å². The molecule has 114 valence electrons. The van der Waals surface area contributed by atoms with E-state index in [9.17, 15) is 14.3 Å². The first-order valence-corrected chi connectivity index (χ1v) is 7.43. The molecule has 4 nitrogen and oxygen atoms in total. The van der Waals surface area contributed by atoms with Crippen molar-refractivity contribution in [1.29, 1.82) is 0 Å². The minimum atomic E-state index is -0.573. The second-order valence-electron chi connectivity index (χ2n) is 5.94. The van der Waals surface area contributed by atoms with Crippen molar-refractivity contribution in [2.75, 3.05) is 19.7 Å². The zero-order valence-electron chi connectivity index (χ0n) is 11.9. The second-order valence-corrected chi connectivity index (χ2v) is 5.94. The molecule has 0 aromatic heterocycles. The summed E-state index contributed by atoms with van der Waals surface area (Å²) < 4.78 is 18.6. The number of hydrogen-bond donors (Lipinski definition) is 1. The molecule has 0 saturated carbocycles. The minimum Gasteiger partial charge on any atom is -0.390 e. The van der Waals surface area contributed by atoms with E-state index in [0.29, 0.717) is 26.1 Å². The van der Waals surface area contributed by atoms with Gasteiger partial charge in [-0.25, -0.2) is 4.39 Å². The highest BCUT2D eigenvalue weighted by molar-refractivity contribution is 5.79. The van der Waals surface area contributed by atoms with Crippen LogP contribution in [0.4, 0.5) is 4.39 Å². The van der Waals surface area contributed by atoms with E-state index in [4.69, 9.17) is 4.74 Å². The molecule has 1 aromatic carbocycles. The van der Waals surface area contributed by atoms with E-state index in [0.717, 1.165) is 18.4 Å². The first-order valence-electron chi connectivity index (χ1n) is 7.43. The number of carbonyl (C=O) groups excluding carboxylic acids is 1. The summed E-state index contributed by atoms with van der Waals surface area (Å²) in [5.41, 5.74) is 0.227. The number of nitrogens with zero attached hydrogens (tertiary/aromatic N) is 1. The standard InChI is InChI=1S/C16H20FNO3/c17-13-4-2-12(3-5-13)10-15(20)18-8-6-14(19)16(11-18)7-1-9-21-16/h2-5,14,19H,1,6-11H2/t14-,16-/m0/s1. The smallest absolute Gasteiger partial charge is 0.227 e. The first kappa shape index (κ1) is 14.5. The SMILES string of the molecule is O=C(Cc1ccc(F)cc1)N1CC[C@H](O)[C@]2(CCCO2)C1. The summed E-state index contributed by atoms with van der Waals surface area (Å²) in [6, 6.07) is 6.00. The van der Waals surface area contributed by atoms with Gasteiger partial charge in [0.2, 0.25) is 5.91 Å². The molecule has 2 aliphatic heterocycles. The van der Waals surface area contributed by atoms with E-state index < -0.39 is 11.7 Å². The molecule has 0 unspecified atom stereocenters. The Morgan fingerprint density at radius 2 is 2.19 bits per heavy atom. The maximum absolute atomic E-state index is 12.9. The number of aliphatic hydroxyl groups excluding tert-OH is 1.